The lowest BCUT2D eigenvalue weighted by atomic mass is 10.00. The Morgan fingerprint density at radius 1 is 0.911 bits per heavy atom. The molecule has 45 heavy (non-hydrogen) atoms. The van der Waals surface area contributed by atoms with Crippen molar-refractivity contribution in [3.8, 4) is 0 Å². The van der Waals surface area contributed by atoms with Crippen molar-refractivity contribution in [3.05, 3.63) is 33.1 Å². The highest BCUT2D eigenvalue weighted by Crippen LogP contribution is 2.23. The first-order valence-electron chi connectivity index (χ1n) is 16.6. The molecular weight excluding hydrogens is 584 g/mol. The van der Waals surface area contributed by atoms with Crippen molar-refractivity contribution in [2.45, 2.75) is 147 Å². The number of ether oxygens (including phenoxy) is 2. The number of hydrogen-bond donors (Lipinski definition) is 5. The summed E-state index contributed by atoms with van der Waals surface area (Å²) in [6, 6.07) is -0.363. The number of carbonyl (C=O) groups is 2. The van der Waals surface area contributed by atoms with Crippen LogP contribution >= 0.6 is 0 Å². The van der Waals surface area contributed by atoms with Crippen LogP contribution in [-0.4, -0.2) is 86.9 Å². The quantitative estimate of drug-likeness (QED) is 0.0569. The van der Waals surface area contributed by atoms with E-state index in [0.29, 0.717) is 17.4 Å². The van der Waals surface area contributed by atoms with E-state index < -0.39 is 53.8 Å². The molecule has 0 bridgehead atoms. The van der Waals surface area contributed by atoms with Crippen molar-refractivity contribution >= 4 is 11.9 Å². The molecule has 0 spiro atoms. The second-order valence-electron chi connectivity index (χ2n) is 11.7. The van der Waals surface area contributed by atoms with Gasteiger partial charge in [-0.15, -0.1) is 0 Å². The van der Waals surface area contributed by atoms with E-state index in [1.165, 1.54) is 58.5 Å². The number of methoxy groups -OCH3 is 2. The molecular formula is C32H58N4O9. The Labute approximate surface area is 267 Å². The van der Waals surface area contributed by atoms with Gasteiger partial charge in [-0.2, -0.15) is 0 Å². The SMILES string of the molecule is CCCCCCCCCCCCCCCC(=O)N(C(CC(OC)C(O)C(O)n1ccc(=O)[nH]c1=O)C(=O)OC)[C@H](O)CCCN. The van der Waals surface area contributed by atoms with E-state index in [1.807, 2.05) is 4.98 Å². The summed E-state index contributed by atoms with van der Waals surface area (Å²) in [7, 11) is 2.37. The van der Waals surface area contributed by atoms with Crippen LogP contribution < -0.4 is 17.0 Å². The summed E-state index contributed by atoms with van der Waals surface area (Å²) in [5, 5.41) is 32.6. The van der Waals surface area contributed by atoms with Crippen LogP contribution in [0.15, 0.2) is 21.9 Å². The first kappa shape index (κ1) is 40.4. The first-order chi connectivity index (χ1) is 21.6. The highest BCUT2D eigenvalue weighted by molar-refractivity contribution is 5.84. The Morgan fingerprint density at radius 3 is 1.96 bits per heavy atom. The standard InChI is InChI=1S/C32H58N4O9/c1-4-5-6-7-8-9-10-11-12-13-14-15-16-18-27(38)36(28(39)19-17-21-33)24(31(42)45-3)23-25(44-2)29(40)30(41)35-22-20-26(37)34-32(35)43/h20,22,24-25,28-30,39-41H,4-19,21,23,33H2,1-3H3,(H,34,37,43)/t24?,25?,28-,29?,30?/m1/s1. The Bertz CT molecular complexity index is 1060. The summed E-state index contributed by atoms with van der Waals surface area (Å²) in [4.78, 5) is 53.1. The fourth-order valence-electron chi connectivity index (χ4n) is 5.46. The number of H-pyrrole nitrogens is 1. The molecule has 5 atom stereocenters. The zero-order valence-electron chi connectivity index (χ0n) is 27.5. The smallest absolute Gasteiger partial charge is 0.330 e. The number of amides is 1. The average molecular weight is 643 g/mol. The highest BCUT2D eigenvalue weighted by atomic mass is 16.5. The van der Waals surface area contributed by atoms with Gasteiger partial charge in [-0.25, -0.2) is 9.59 Å². The van der Waals surface area contributed by atoms with Crippen LogP contribution in [0, 0.1) is 0 Å². The molecule has 1 amide bonds. The number of aliphatic hydroxyl groups excluding tert-OH is 3. The molecule has 1 aromatic heterocycles. The molecule has 0 saturated heterocycles. The van der Waals surface area contributed by atoms with Gasteiger partial charge in [0, 0.05) is 32.2 Å². The van der Waals surface area contributed by atoms with Crippen molar-refractivity contribution in [2.75, 3.05) is 20.8 Å². The van der Waals surface area contributed by atoms with E-state index >= 15 is 0 Å². The number of unbranched alkanes of at least 4 members (excludes halogenated alkanes) is 12. The van der Waals surface area contributed by atoms with Crippen LogP contribution in [0.2, 0.25) is 0 Å². The van der Waals surface area contributed by atoms with Crippen molar-refractivity contribution in [2.24, 2.45) is 5.73 Å². The number of nitrogens with two attached hydrogens (primary N) is 1. The summed E-state index contributed by atoms with van der Waals surface area (Å²) in [5.74, 6) is -1.30. The van der Waals surface area contributed by atoms with E-state index in [-0.39, 0.29) is 25.8 Å². The molecule has 6 N–H and O–H groups in total. The number of nitrogens with one attached hydrogen (secondary N) is 1. The maximum atomic E-state index is 13.5. The fourth-order valence-corrected chi connectivity index (χ4v) is 5.46. The van der Waals surface area contributed by atoms with Gasteiger partial charge in [0.25, 0.3) is 5.56 Å². The Morgan fingerprint density at radius 2 is 1.47 bits per heavy atom. The Hall–Kier alpha value is -2.58. The minimum Gasteiger partial charge on any atom is -0.467 e. The zero-order chi connectivity index (χ0) is 33.6. The van der Waals surface area contributed by atoms with Crippen LogP contribution in [0.4, 0.5) is 0 Å². The molecule has 1 heterocycles. The van der Waals surface area contributed by atoms with Gasteiger partial charge in [0.1, 0.15) is 18.4 Å². The first-order valence-corrected chi connectivity index (χ1v) is 16.6. The normalized spacial score (nSPS) is 14.8. The minimum atomic E-state index is -1.85. The van der Waals surface area contributed by atoms with E-state index in [1.54, 1.807) is 0 Å². The molecule has 1 rings (SSSR count). The fraction of sp³-hybridized carbons (Fsp3) is 0.812. The van der Waals surface area contributed by atoms with Crippen LogP contribution in [0.5, 0.6) is 0 Å². The highest BCUT2D eigenvalue weighted by Gasteiger charge is 2.40. The third-order valence-corrected chi connectivity index (χ3v) is 8.16. The second kappa shape index (κ2) is 23.7. The van der Waals surface area contributed by atoms with Gasteiger partial charge in [0.15, 0.2) is 6.23 Å². The summed E-state index contributed by atoms with van der Waals surface area (Å²) < 4.78 is 11.0. The topological polar surface area (TPSA) is 197 Å². The lowest BCUT2D eigenvalue weighted by Crippen LogP contribution is -2.54. The van der Waals surface area contributed by atoms with Crippen molar-refractivity contribution in [1.82, 2.24) is 14.5 Å². The number of nitrogens with zero attached hydrogens (tertiary/aromatic N) is 2. The summed E-state index contributed by atoms with van der Waals surface area (Å²) in [6.45, 7) is 2.49. The number of rotatable bonds is 26. The molecule has 0 aliphatic carbocycles. The minimum absolute atomic E-state index is 0.0978. The average Bonchev–Trinajstić information content (AvgIpc) is 3.02. The van der Waals surface area contributed by atoms with E-state index in [2.05, 4.69) is 6.92 Å². The van der Waals surface area contributed by atoms with Crippen LogP contribution in [0.25, 0.3) is 0 Å². The zero-order valence-corrected chi connectivity index (χ0v) is 27.5. The molecule has 0 fully saturated rings. The van der Waals surface area contributed by atoms with Gasteiger partial charge in [0.05, 0.1) is 13.2 Å². The summed E-state index contributed by atoms with van der Waals surface area (Å²) in [6.07, 6.45) is 9.96. The molecule has 1 aromatic rings. The lowest BCUT2D eigenvalue weighted by Gasteiger charge is -2.37. The van der Waals surface area contributed by atoms with Gasteiger partial charge >= 0.3 is 11.7 Å². The summed E-state index contributed by atoms with van der Waals surface area (Å²) >= 11 is 0. The monoisotopic (exact) mass is 642 g/mol. The molecule has 0 aliphatic heterocycles. The Kier molecular flexibility index (Phi) is 21.3. The van der Waals surface area contributed by atoms with Crippen molar-refractivity contribution in [1.29, 1.82) is 0 Å². The third kappa shape index (κ3) is 15.0. The maximum Gasteiger partial charge on any atom is 0.330 e. The predicted octanol–water partition coefficient (Wildman–Crippen LogP) is 2.70. The molecule has 4 unspecified atom stereocenters. The van der Waals surface area contributed by atoms with E-state index in [0.717, 1.165) is 50.0 Å². The van der Waals surface area contributed by atoms with E-state index in [9.17, 15) is 34.5 Å². The van der Waals surface area contributed by atoms with Crippen molar-refractivity contribution < 1.29 is 34.4 Å². The number of hydrogen-bond acceptors (Lipinski definition) is 10. The molecule has 0 saturated carbocycles. The second-order valence-corrected chi connectivity index (χ2v) is 11.7. The van der Waals surface area contributed by atoms with Gasteiger partial charge < -0.3 is 35.4 Å². The van der Waals surface area contributed by atoms with Gasteiger partial charge in [0.2, 0.25) is 5.91 Å². The lowest BCUT2D eigenvalue weighted by molar-refractivity contribution is -0.168. The van der Waals surface area contributed by atoms with Gasteiger partial charge in [-0.05, 0) is 25.8 Å². The van der Waals surface area contributed by atoms with E-state index in [4.69, 9.17) is 15.2 Å². The number of aromatic nitrogens is 2. The predicted molar refractivity (Wildman–Crippen MR) is 171 cm³/mol. The van der Waals surface area contributed by atoms with Crippen LogP contribution in [0.1, 0.15) is 122 Å². The van der Waals surface area contributed by atoms with Crippen molar-refractivity contribution in [3.63, 3.8) is 0 Å². The number of aliphatic hydroxyl groups is 3. The molecule has 13 nitrogen and oxygen atoms in total. The number of esters is 1. The largest absolute Gasteiger partial charge is 0.467 e. The number of carbonyl (C=O) groups excluding carboxylic acids is 2. The Balaban J connectivity index is 2.84. The summed E-state index contributed by atoms with van der Waals surface area (Å²) in [5.41, 5.74) is 3.98. The van der Waals surface area contributed by atoms with Gasteiger partial charge in [-0.3, -0.25) is 19.1 Å². The maximum absolute atomic E-state index is 13.5. The van der Waals surface area contributed by atoms with Crippen LogP contribution in [-0.2, 0) is 19.1 Å². The molecule has 13 heteroatoms. The third-order valence-electron chi connectivity index (χ3n) is 8.16. The number of aromatic amines is 1. The molecule has 0 aliphatic rings. The van der Waals surface area contributed by atoms with Gasteiger partial charge in [-0.1, -0.05) is 84.0 Å². The molecule has 0 aromatic carbocycles. The molecule has 260 valence electrons. The molecule has 0 radical (unpaired) electrons. The van der Waals surface area contributed by atoms with Crippen LogP contribution in [0.3, 0.4) is 0 Å².